The van der Waals surface area contributed by atoms with Crippen LogP contribution in [0.1, 0.15) is 27.7 Å². The van der Waals surface area contributed by atoms with E-state index in [2.05, 4.69) is 0 Å². The SMILES string of the molecule is CCOC(=O)/C=C\[C@@H]1OC(C)(C)O[C@@H]1[C@@H](C[Te]c1ccc(OC)cc1)OC(C)=O. The summed E-state index contributed by atoms with van der Waals surface area (Å²) in [6, 6.07) is 7.90. The van der Waals surface area contributed by atoms with Crippen molar-refractivity contribution in [3.8, 4) is 5.75 Å². The van der Waals surface area contributed by atoms with Gasteiger partial charge in [-0.1, -0.05) is 0 Å². The predicted molar refractivity (Wildman–Crippen MR) is 108 cm³/mol. The summed E-state index contributed by atoms with van der Waals surface area (Å²) < 4.78 is 29.6. The Morgan fingerprint density at radius 2 is 1.93 bits per heavy atom. The fourth-order valence-electron chi connectivity index (χ4n) is 2.88. The Balaban J connectivity index is 2.13. The van der Waals surface area contributed by atoms with Gasteiger partial charge < -0.3 is 0 Å². The number of esters is 2. The Bertz CT molecular complexity index is 714. The van der Waals surface area contributed by atoms with Crippen molar-refractivity contribution in [2.24, 2.45) is 0 Å². The number of carbonyl (C=O) groups is 2. The van der Waals surface area contributed by atoms with E-state index >= 15 is 0 Å². The van der Waals surface area contributed by atoms with Gasteiger partial charge in [-0.25, -0.2) is 0 Å². The summed E-state index contributed by atoms with van der Waals surface area (Å²) in [4.78, 5) is 23.4. The second-order valence-corrected chi connectivity index (χ2v) is 9.93. The average molecular weight is 520 g/mol. The van der Waals surface area contributed by atoms with Crippen LogP contribution in [0, 0.1) is 0 Å². The molecule has 0 aliphatic carbocycles. The van der Waals surface area contributed by atoms with Crippen LogP contribution < -0.4 is 8.35 Å². The summed E-state index contributed by atoms with van der Waals surface area (Å²) in [6.45, 7) is 7.01. The summed E-state index contributed by atoms with van der Waals surface area (Å²) in [5.41, 5.74) is 0. The van der Waals surface area contributed by atoms with E-state index in [-0.39, 0.29) is 5.97 Å². The van der Waals surface area contributed by atoms with Gasteiger partial charge in [-0.05, 0) is 0 Å². The second-order valence-electron chi connectivity index (χ2n) is 6.81. The number of ether oxygens (including phenoxy) is 5. The molecule has 0 amide bonds. The Hall–Kier alpha value is -1.59. The van der Waals surface area contributed by atoms with Crippen LogP contribution in [0.3, 0.4) is 0 Å². The molecule has 0 saturated carbocycles. The quantitative estimate of drug-likeness (QED) is 0.280. The topological polar surface area (TPSA) is 80.3 Å². The summed E-state index contributed by atoms with van der Waals surface area (Å²) in [6.07, 6.45) is 1.43. The van der Waals surface area contributed by atoms with E-state index in [1.807, 2.05) is 24.3 Å². The van der Waals surface area contributed by atoms with Gasteiger partial charge in [0.1, 0.15) is 0 Å². The molecule has 0 radical (unpaired) electrons. The molecular weight excluding hydrogens is 492 g/mol. The van der Waals surface area contributed by atoms with Crippen LogP contribution in [0.2, 0.25) is 4.47 Å². The zero-order chi connectivity index (χ0) is 21.4. The summed E-state index contributed by atoms with van der Waals surface area (Å²) in [5.74, 6) is -0.877. The van der Waals surface area contributed by atoms with Crippen LogP contribution >= 0.6 is 0 Å². The Labute approximate surface area is 181 Å². The van der Waals surface area contributed by atoms with Gasteiger partial charge in [0.2, 0.25) is 0 Å². The number of methoxy groups -OCH3 is 1. The molecule has 160 valence electrons. The molecule has 29 heavy (non-hydrogen) atoms. The second kappa shape index (κ2) is 11.0. The maximum absolute atomic E-state index is 11.7. The first-order valence-corrected chi connectivity index (χ1v) is 12.2. The van der Waals surface area contributed by atoms with E-state index < -0.39 is 51.0 Å². The van der Waals surface area contributed by atoms with E-state index in [0.29, 0.717) is 11.1 Å². The number of hydrogen-bond donors (Lipinski definition) is 0. The van der Waals surface area contributed by atoms with Gasteiger partial charge in [0, 0.05) is 0 Å². The number of carbonyl (C=O) groups excluding carboxylic acids is 2. The van der Waals surface area contributed by atoms with Gasteiger partial charge in [0.15, 0.2) is 0 Å². The van der Waals surface area contributed by atoms with Gasteiger partial charge in [-0.15, -0.1) is 0 Å². The van der Waals surface area contributed by atoms with Crippen LogP contribution in [0.15, 0.2) is 36.4 Å². The fourth-order valence-corrected chi connectivity index (χ4v) is 5.57. The van der Waals surface area contributed by atoms with Gasteiger partial charge in [-0.3, -0.25) is 0 Å². The molecule has 3 atom stereocenters. The minimum atomic E-state index is -0.854. The van der Waals surface area contributed by atoms with Crippen molar-refractivity contribution in [2.45, 2.75) is 56.3 Å². The monoisotopic (exact) mass is 522 g/mol. The zero-order valence-corrected chi connectivity index (χ0v) is 19.7. The molecular formula is C21H28O7Te. The van der Waals surface area contributed by atoms with Crippen LogP contribution in [-0.2, 0) is 28.5 Å². The van der Waals surface area contributed by atoms with Crippen LogP contribution in [-0.4, -0.2) is 70.7 Å². The molecule has 2 rings (SSSR count). The molecule has 1 aliphatic heterocycles. The van der Waals surface area contributed by atoms with E-state index in [1.54, 1.807) is 34.0 Å². The van der Waals surface area contributed by atoms with Crippen molar-refractivity contribution in [2.75, 3.05) is 13.7 Å². The minimum absolute atomic E-state index is 0.295. The molecule has 8 heteroatoms. The molecule has 1 heterocycles. The molecule has 0 bridgehead atoms. The Morgan fingerprint density at radius 1 is 1.24 bits per heavy atom. The van der Waals surface area contributed by atoms with Crippen molar-refractivity contribution < 1.29 is 33.3 Å². The summed E-state index contributed by atoms with van der Waals surface area (Å²) in [7, 11) is 1.63. The van der Waals surface area contributed by atoms with Crippen LogP contribution in [0.4, 0.5) is 0 Å². The van der Waals surface area contributed by atoms with Gasteiger partial charge in [0.25, 0.3) is 0 Å². The number of hydrogen-bond acceptors (Lipinski definition) is 7. The van der Waals surface area contributed by atoms with Crippen molar-refractivity contribution in [3.63, 3.8) is 0 Å². The van der Waals surface area contributed by atoms with E-state index in [4.69, 9.17) is 23.7 Å². The van der Waals surface area contributed by atoms with Gasteiger partial charge >= 0.3 is 182 Å². The number of benzene rings is 1. The third-order valence-corrected chi connectivity index (χ3v) is 7.17. The molecule has 1 fully saturated rings. The molecule has 0 unspecified atom stereocenters. The molecule has 0 aromatic heterocycles. The van der Waals surface area contributed by atoms with Crippen molar-refractivity contribution in [3.05, 3.63) is 36.4 Å². The Morgan fingerprint density at radius 3 is 2.52 bits per heavy atom. The molecule has 0 N–H and O–H groups in total. The third-order valence-electron chi connectivity index (χ3n) is 4.03. The molecule has 7 nitrogen and oxygen atoms in total. The van der Waals surface area contributed by atoms with Crippen molar-refractivity contribution in [1.29, 1.82) is 0 Å². The number of rotatable bonds is 9. The van der Waals surface area contributed by atoms with Crippen molar-refractivity contribution >= 4 is 36.5 Å². The van der Waals surface area contributed by atoms with Crippen molar-refractivity contribution in [1.82, 2.24) is 0 Å². The van der Waals surface area contributed by atoms with Gasteiger partial charge in [0.05, 0.1) is 0 Å². The third kappa shape index (κ3) is 7.63. The molecule has 1 aromatic rings. The van der Waals surface area contributed by atoms with E-state index in [1.165, 1.54) is 16.6 Å². The van der Waals surface area contributed by atoms with Crippen LogP contribution in [0.25, 0.3) is 0 Å². The average Bonchev–Trinajstić information content (AvgIpc) is 2.98. The first-order valence-electron chi connectivity index (χ1n) is 9.38. The normalized spacial score (nSPS) is 21.7. The first-order chi connectivity index (χ1) is 13.7. The standard InChI is InChI=1S/C21H28O7Te/c1-6-25-19(23)12-11-17-20(28-21(3,4)27-17)18(26-14(2)22)13-29-16-9-7-15(24-5)8-10-16/h7-12,17-18,20H,6,13H2,1-5H3/b12-11-/t17-,18+,20-/m0/s1. The maximum atomic E-state index is 11.7. The molecule has 0 spiro atoms. The molecule has 1 aliphatic rings. The molecule has 1 saturated heterocycles. The van der Waals surface area contributed by atoms with Gasteiger partial charge in [-0.2, -0.15) is 0 Å². The zero-order valence-electron chi connectivity index (χ0n) is 17.4. The van der Waals surface area contributed by atoms with Crippen LogP contribution in [0.5, 0.6) is 5.75 Å². The predicted octanol–water partition coefficient (Wildman–Crippen LogP) is 2.01. The first kappa shape index (κ1) is 23.7. The fraction of sp³-hybridized carbons (Fsp3) is 0.524. The van der Waals surface area contributed by atoms with E-state index in [9.17, 15) is 9.59 Å². The Kier molecular flexibility index (Phi) is 8.97. The van der Waals surface area contributed by atoms with E-state index in [0.717, 1.165) is 5.75 Å². The summed E-state index contributed by atoms with van der Waals surface area (Å²) >= 11 is -0.649. The summed E-state index contributed by atoms with van der Waals surface area (Å²) in [5, 5.41) is 0. The molecule has 1 aromatic carbocycles.